The Kier molecular flexibility index (Phi) is 23.4. The fourth-order valence-electron chi connectivity index (χ4n) is 0.898. The van der Waals surface area contributed by atoms with Gasteiger partial charge in [0.05, 0.1) is 0 Å². The summed E-state index contributed by atoms with van der Waals surface area (Å²) in [4.78, 5) is 0. The van der Waals surface area contributed by atoms with Crippen LogP contribution in [0.15, 0.2) is 0 Å². The molecule has 0 radical (unpaired) electrons. The van der Waals surface area contributed by atoms with Gasteiger partial charge in [0.2, 0.25) is 0 Å². The van der Waals surface area contributed by atoms with Crippen molar-refractivity contribution in [2.45, 2.75) is 39.5 Å². The number of halogens is 1. The van der Waals surface area contributed by atoms with Crippen molar-refractivity contribution in [3.63, 3.8) is 0 Å². The summed E-state index contributed by atoms with van der Waals surface area (Å²) < 4.78 is 0. The monoisotopic (exact) mass is 204 g/mol. The van der Waals surface area contributed by atoms with E-state index in [1.807, 2.05) is 0 Å². The van der Waals surface area contributed by atoms with Crippen molar-refractivity contribution >= 4 is 37.7 Å². The predicted molar refractivity (Wildman–Crippen MR) is 43.9 cm³/mol. The second-order valence-electron chi connectivity index (χ2n) is 2.58. The smallest absolute Gasteiger partial charge is 1.00 e. The Balaban J connectivity index is -0.000000320. The van der Waals surface area contributed by atoms with Crippen LogP contribution in [0, 0.1) is 5.92 Å². The average Bonchev–Trinajstić information content (AvgIpc) is 1.91. The molecule has 0 amide bonds. The van der Waals surface area contributed by atoms with E-state index in [1.165, 1.54) is 12.8 Å². The van der Waals surface area contributed by atoms with E-state index in [1.54, 1.807) is 0 Å². The molecule has 0 aromatic heterocycles. The van der Waals surface area contributed by atoms with E-state index in [4.69, 9.17) is 0 Å². The van der Waals surface area contributed by atoms with E-state index in [0.29, 0.717) is 5.92 Å². The molecule has 0 aliphatic rings. The Morgan fingerprint density at radius 1 is 1.27 bits per heavy atom. The molecule has 0 bridgehead atoms. The maximum absolute atomic E-state index is 10.4. The van der Waals surface area contributed by atoms with Crippen LogP contribution in [-0.4, -0.2) is 44.3 Å². The third-order valence-electron chi connectivity index (χ3n) is 1.78. The molecule has 1 nitrogen and oxygen atoms in total. The van der Waals surface area contributed by atoms with E-state index >= 15 is 0 Å². The minimum absolute atomic E-state index is 0. The first-order valence-corrected chi connectivity index (χ1v) is 3.93. The van der Waals surface area contributed by atoms with Crippen LogP contribution >= 0.6 is 0 Å². The largest absolute Gasteiger partial charge is 2.00 e. The SMILES string of the molecule is CCCCC(CC)C[O-].[Ca+2].[Cl-]. The summed E-state index contributed by atoms with van der Waals surface area (Å²) in [6.45, 7) is 4.38. The van der Waals surface area contributed by atoms with E-state index < -0.39 is 0 Å². The second kappa shape index (κ2) is 14.1. The Labute approximate surface area is 106 Å². The molecule has 0 N–H and O–H groups in total. The van der Waals surface area contributed by atoms with Crippen molar-refractivity contribution in [3.8, 4) is 0 Å². The molecular formula is C8H17CaClO. The van der Waals surface area contributed by atoms with Crippen LogP contribution in [0.1, 0.15) is 39.5 Å². The minimum Gasteiger partial charge on any atom is -1.00 e. The Morgan fingerprint density at radius 3 is 2.09 bits per heavy atom. The van der Waals surface area contributed by atoms with E-state index in [2.05, 4.69) is 13.8 Å². The normalized spacial score (nSPS) is 11.2. The molecule has 3 heteroatoms. The summed E-state index contributed by atoms with van der Waals surface area (Å²) in [5, 5.41) is 10.4. The molecule has 0 aliphatic heterocycles. The van der Waals surface area contributed by atoms with Gasteiger partial charge in [-0.1, -0.05) is 45.4 Å². The van der Waals surface area contributed by atoms with Crippen molar-refractivity contribution in [1.82, 2.24) is 0 Å². The Hall–Kier alpha value is 1.51. The average molecular weight is 205 g/mol. The molecule has 64 valence electrons. The molecule has 1 atom stereocenters. The molecule has 0 aliphatic carbocycles. The summed E-state index contributed by atoms with van der Waals surface area (Å²) in [6, 6.07) is 0. The van der Waals surface area contributed by atoms with Crippen LogP contribution in [0.5, 0.6) is 0 Å². The molecule has 11 heavy (non-hydrogen) atoms. The van der Waals surface area contributed by atoms with Gasteiger partial charge < -0.3 is 17.5 Å². The molecule has 1 unspecified atom stereocenters. The van der Waals surface area contributed by atoms with Gasteiger partial charge in [0.1, 0.15) is 0 Å². The van der Waals surface area contributed by atoms with Crippen LogP contribution in [0.3, 0.4) is 0 Å². The number of unbranched alkanes of at least 4 members (excludes halogenated alkanes) is 1. The fraction of sp³-hybridized carbons (Fsp3) is 1.00. The molecule has 0 saturated heterocycles. The summed E-state index contributed by atoms with van der Waals surface area (Å²) in [7, 11) is 0. The van der Waals surface area contributed by atoms with Crippen molar-refractivity contribution < 1.29 is 17.5 Å². The number of rotatable bonds is 5. The summed E-state index contributed by atoms with van der Waals surface area (Å²) in [5.41, 5.74) is 0. The van der Waals surface area contributed by atoms with Crippen LogP contribution in [0.25, 0.3) is 0 Å². The van der Waals surface area contributed by atoms with Gasteiger partial charge in [-0.3, -0.25) is 0 Å². The molecule has 0 aromatic rings. The van der Waals surface area contributed by atoms with Gasteiger partial charge in [-0.25, -0.2) is 0 Å². The van der Waals surface area contributed by atoms with Gasteiger partial charge in [-0.2, -0.15) is 0 Å². The first-order valence-electron chi connectivity index (χ1n) is 3.93. The minimum atomic E-state index is 0. The first kappa shape index (κ1) is 18.3. The fourth-order valence-corrected chi connectivity index (χ4v) is 0.898. The first-order chi connectivity index (χ1) is 4.35. The zero-order chi connectivity index (χ0) is 7.11. The number of hydrogen-bond donors (Lipinski definition) is 0. The summed E-state index contributed by atoms with van der Waals surface area (Å²) >= 11 is 0. The Bertz CT molecular complexity index is 58.1. The molecule has 0 rings (SSSR count). The molecule has 0 aromatic carbocycles. The van der Waals surface area contributed by atoms with Crippen molar-refractivity contribution in [2.24, 2.45) is 5.92 Å². The van der Waals surface area contributed by atoms with Gasteiger partial charge in [-0.05, 0) is 0 Å². The predicted octanol–water partition coefficient (Wildman–Crippen LogP) is -1.81. The molecule has 0 heterocycles. The van der Waals surface area contributed by atoms with Gasteiger partial charge in [0.15, 0.2) is 0 Å². The Morgan fingerprint density at radius 2 is 1.82 bits per heavy atom. The maximum Gasteiger partial charge on any atom is 2.00 e. The van der Waals surface area contributed by atoms with E-state index in [-0.39, 0.29) is 56.8 Å². The zero-order valence-corrected chi connectivity index (χ0v) is 10.6. The van der Waals surface area contributed by atoms with Crippen molar-refractivity contribution in [1.29, 1.82) is 0 Å². The topological polar surface area (TPSA) is 23.1 Å². The van der Waals surface area contributed by atoms with Gasteiger partial charge >= 0.3 is 37.7 Å². The van der Waals surface area contributed by atoms with E-state index in [0.717, 1.165) is 12.8 Å². The summed E-state index contributed by atoms with van der Waals surface area (Å²) in [6.07, 6.45) is 4.64. The van der Waals surface area contributed by atoms with Gasteiger partial charge in [0.25, 0.3) is 0 Å². The van der Waals surface area contributed by atoms with Crippen LogP contribution in [0.2, 0.25) is 0 Å². The van der Waals surface area contributed by atoms with Gasteiger partial charge in [-0.15, -0.1) is 6.61 Å². The summed E-state index contributed by atoms with van der Waals surface area (Å²) in [5.74, 6) is 0.449. The van der Waals surface area contributed by atoms with Crippen LogP contribution in [0.4, 0.5) is 0 Å². The van der Waals surface area contributed by atoms with Crippen LogP contribution in [-0.2, 0) is 0 Å². The second-order valence-corrected chi connectivity index (χ2v) is 2.58. The van der Waals surface area contributed by atoms with Crippen molar-refractivity contribution in [3.05, 3.63) is 0 Å². The van der Waals surface area contributed by atoms with Crippen molar-refractivity contribution in [2.75, 3.05) is 6.61 Å². The third-order valence-corrected chi connectivity index (χ3v) is 1.78. The maximum atomic E-state index is 10.4. The molecule has 0 fully saturated rings. The van der Waals surface area contributed by atoms with E-state index in [9.17, 15) is 5.11 Å². The number of hydrogen-bond acceptors (Lipinski definition) is 1. The van der Waals surface area contributed by atoms with Crippen LogP contribution < -0.4 is 17.5 Å². The van der Waals surface area contributed by atoms with Gasteiger partial charge in [0, 0.05) is 0 Å². The standard InChI is InChI=1S/C8H17O.Ca.ClH/c1-3-5-6-8(4-2)7-9;;/h8H,3-7H2,1-2H3;;1H/q-1;+2;/p-1. The molecular weight excluding hydrogens is 188 g/mol. The molecule has 0 spiro atoms. The quantitative estimate of drug-likeness (QED) is 0.484. The zero-order valence-electron chi connectivity index (χ0n) is 7.61. The third kappa shape index (κ3) is 11.5. The molecule has 0 saturated carbocycles.